The molecule has 0 radical (unpaired) electrons. The molecule has 138 valence electrons. The van der Waals surface area contributed by atoms with Crippen LogP contribution in [0.2, 0.25) is 0 Å². The number of hydrogen-bond donors (Lipinski definition) is 1. The van der Waals surface area contributed by atoms with Gasteiger partial charge in [-0.25, -0.2) is 4.79 Å². The Morgan fingerprint density at radius 2 is 1.92 bits per heavy atom. The minimum absolute atomic E-state index is 0.123. The predicted octanol–water partition coefficient (Wildman–Crippen LogP) is 3.77. The molecule has 0 saturated carbocycles. The molecule has 0 saturated heterocycles. The highest BCUT2D eigenvalue weighted by atomic mass is 127. The van der Waals surface area contributed by atoms with Crippen molar-refractivity contribution in [3.63, 3.8) is 0 Å². The van der Waals surface area contributed by atoms with Crippen LogP contribution in [0, 0.1) is 3.57 Å². The number of benzene rings is 1. The van der Waals surface area contributed by atoms with Gasteiger partial charge in [-0.15, -0.1) is 0 Å². The van der Waals surface area contributed by atoms with Gasteiger partial charge in [-0.3, -0.25) is 4.79 Å². The van der Waals surface area contributed by atoms with Gasteiger partial charge in [0.1, 0.15) is 0 Å². The molecular weight excluding hydrogens is 433 g/mol. The van der Waals surface area contributed by atoms with Crippen LogP contribution in [-0.4, -0.2) is 32.7 Å². The summed E-state index contributed by atoms with van der Waals surface area (Å²) in [7, 11) is 2.84. The molecule has 6 heteroatoms. The van der Waals surface area contributed by atoms with Gasteiger partial charge in [0.15, 0.2) is 0 Å². The molecule has 1 unspecified atom stereocenters. The van der Waals surface area contributed by atoms with Crippen LogP contribution in [0.3, 0.4) is 0 Å². The smallest absolute Gasteiger partial charge is 0.336 e. The molecule has 0 amide bonds. The minimum Gasteiger partial charge on any atom is -0.469 e. The maximum atomic E-state index is 11.9. The Kier molecular flexibility index (Phi) is 9.55. The monoisotopic (exact) mass is 459 g/mol. The molecule has 25 heavy (non-hydrogen) atoms. The van der Waals surface area contributed by atoms with Crippen molar-refractivity contribution < 1.29 is 19.1 Å². The van der Waals surface area contributed by atoms with E-state index in [4.69, 9.17) is 4.74 Å². The van der Waals surface area contributed by atoms with Crippen LogP contribution >= 0.6 is 22.6 Å². The molecule has 0 spiro atoms. The van der Waals surface area contributed by atoms with Gasteiger partial charge in [0.25, 0.3) is 0 Å². The van der Waals surface area contributed by atoms with Gasteiger partial charge >= 0.3 is 11.9 Å². The zero-order valence-electron chi connectivity index (χ0n) is 15.2. The number of rotatable bonds is 4. The molecule has 0 aromatic heterocycles. The summed E-state index contributed by atoms with van der Waals surface area (Å²) in [6.07, 6.45) is 2.32. The first kappa shape index (κ1) is 21.5. The number of esters is 2. The lowest BCUT2D eigenvalue weighted by atomic mass is 9.85. The molecule has 1 atom stereocenters. The molecule has 0 aliphatic carbocycles. The Morgan fingerprint density at radius 1 is 1.24 bits per heavy atom. The zero-order chi connectivity index (χ0) is 18.8. The summed E-state index contributed by atoms with van der Waals surface area (Å²) in [6, 6.07) is 8.20. The lowest BCUT2D eigenvalue weighted by Gasteiger charge is -2.27. The van der Waals surface area contributed by atoms with E-state index in [9.17, 15) is 9.59 Å². The average Bonchev–Trinajstić information content (AvgIpc) is 2.62. The maximum absolute atomic E-state index is 11.9. The van der Waals surface area contributed by atoms with Crippen LogP contribution in [0.1, 0.15) is 44.6 Å². The fraction of sp³-hybridized carbons (Fsp3) is 0.474. The van der Waals surface area contributed by atoms with Crippen LogP contribution in [0.25, 0.3) is 0 Å². The van der Waals surface area contributed by atoms with Gasteiger partial charge < -0.3 is 14.8 Å². The van der Waals surface area contributed by atoms with Crippen molar-refractivity contribution in [1.29, 1.82) is 0 Å². The topological polar surface area (TPSA) is 64.6 Å². The van der Waals surface area contributed by atoms with Crippen molar-refractivity contribution in [2.45, 2.75) is 39.0 Å². The standard InChI is InChI=1S/C14H16INO2.C5H10O2/c1-9-13(14(17)18-2)11(7-8-16-9)10-5-3-4-6-12(10)15;1-3-4-5(6)7-2/h3-6,11,16H,7-8H2,1-2H3;3-4H2,1-2H3. The average molecular weight is 459 g/mol. The summed E-state index contributed by atoms with van der Waals surface area (Å²) >= 11 is 2.32. The first-order chi connectivity index (χ1) is 12.0. The van der Waals surface area contributed by atoms with E-state index >= 15 is 0 Å². The molecule has 0 fully saturated rings. The van der Waals surface area contributed by atoms with E-state index in [1.807, 2.05) is 26.0 Å². The van der Waals surface area contributed by atoms with Crippen molar-refractivity contribution >= 4 is 34.5 Å². The second kappa shape index (κ2) is 11.1. The third-order valence-electron chi connectivity index (χ3n) is 3.94. The molecule has 1 heterocycles. The lowest BCUT2D eigenvalue weighted by molar-refractivity contribution is -0.140. The van der Waals surface area contributed by atoms with E-state index < -0.39 is 0 Å². The van der Waals surface area contributed by atoms with Gasteiger partial charge in [0, 0.05) is 28.2 Å². The first-order valence-corrected chi connectivity index (χ1v) is 9.38. The normalized spacial score (nSPS) is 16.3. The van der Waals surface area contributed by atoms with Gasteiger partial charge in [0.2, 0.25) is 0 Å². The number of methoxy groups -OCH3 is 2. The highest BCUT2D eigenvalue weighted by Gasteiger charge is 2.29. The SMILES string of the molecule is CCCC(=O)OC.COC(=O)C1=C(C)NCCC1c1ccccc1I. The first-order valence-electron chi connectivity index (χ1n) is 8.30. The fourth-order valence-corrected chi connectivity index (χ4v) is 3.45. The fourth-order valence-electron chi connectivity index (χ4n) is 2.69. The Hall–Kier alpha value is -1.57. The molecule has 1 N–H and O–H groups in total. The third-order valence-corrected chi connectivity index (χ3v) is 4.93. The molecule has 1 aliphatic heterocycles. The maximum Gasteiger partial charge on any atom is 0.336 e. The van der Waals surface area contributed by atoms with Crippen molar-refractivity contribution in [2.24, 2.45) is 0 Å². The van der Waals surface area contributed by atoms with Gasteiger partial charge in [-0.1, -0.05) is 25.1 Å². The molecular formula is C19H26INO4. The van der Waals surface area contributed by atoms with E-state index in [1.165, 1.54) is 23.4 Å². The van der Waals surface area contributed by atoms with Crippen LogP contribution < -0.4 is 5.32 Å². The van der Waals surface area contributed by atoms with Crippen molar-refractivity contribution in [1.82, 2.24) is 5.32 Å². The van der Waals surface area contributed by atoms with E-state index in [0.29, 0.717) is 6.42 Å². The van der Waals surface area contributed by atoms with Crippen molar-refractivity contribution in [3.05, 3.63) is 44.7 Å². The third kappa shape index (κ3) is 6.34. The number of nitrogens with one attached hydrogen (secondary N) is 1. The van der Waals surface area contributed by atoms with Crippen LogP contribution in [-0.2, 0) is 19.1 Å². The Morgan fingerprint density at radius 3 is 2.44 bits per heavy atom. The lowest BCUT2D eigenvalue weighted by Crippen LogP contribution is -2.29. The summed E-state index contributed by atoms with van der Waals surface area (Å²) in [5.74, 6) is -0.223. The van der Waals surface area contributed by atoms with E-state index in [0.717, 1.165) is 30.7 Å². The summed E-state index contributed by atoms with van der Waals surface area (Å²) < 4.78 is 10.5. The Labute approximate surface area is 163 Å². The van der Waals surface area contributed by atoms with Crippen LogP contribution in [0.4, 0.5) is 0 Å². The summed E-state index contributed by atoms with van der Waals surface area (Å²) in [6.45, 7) is 4.77. The number of ether oxygens (including phenoxy) is 2. The Bertz CT molecular complexity index is 628. The highest BCUT2D eigenvalue weighted by Crippen LogP contribution is 2.35. The minimum atomic E-state index is -0.232. The van der Waals surface area contributed by atoms with Gasteiger partial charge in [-0.2, -0.15) is 0 Å². The van der Waals surface area contributed by atoms with Crippen LogP contribution in [0.5, 0.6) is 0 Å². The molecule has 0 bridgehead atoms. The van der Waals surface area contributed by atoms with E-state index in [-0.39, 0.29) is 17.9 Å². The number of halogens is 1. The van der Waals surface area contributed by atoms with Gasteiger partial charge in [0.05, 0.1) is 19.8 Å². The molecule has 1 aliphatic rings. The largest absolute Gasteiger partial charge is 0.469 e. The molecule has 5 nitrogen and oxygen atoms in total. The summed E-state index contributed by atoms with van der Waals surface area (Å²) in [5, 5.41) is 3.24. The van der Waals surface area contributed by atoms with Crippen molar-refractivity contribution in [2.75, 3.05) is 20.8 Å². The number of carbonyl (C=O) groups excluding carboxylic acids is 2. The zero-order valence-corrected chi connectivity index (χ0v) is 17.4. The second-order valence-electron chi connectivity index (χ2n) is 5.65. The van der Waals surface area contributed by atoms with E-state index in [2.05, 4.69) is 44.8 Å². The molecule has 2 rings (SSSR count). The number of hydrogen-bond acceptors (Lipinski definition) is 5. The predicted molar refractivity (Wildman–Crippen MR) is 106 cm³/mol. The number of allylic oxidation sites excluding steroid dienone is 1. The summed E-state index contributed by atoms with van der Waals surface area (Å²) in [5.41, 5.74) is 2.89. The highest BCUT2D eigenvalue weighted by molar-refractivity contribution is 14.1. The quantitative estimate of drug-likeness (QED) is 0.549. The second-order valence-corrected chi connectivity index (χ2v) is 6.81. The Balaban J connectivity index is 0.000000381. The van der Waals surface area contributed by atoms with Crippen LogP contribution in [0.15, 0.2) is 35.5 Å². The van der Waals surface area contributed by atoms with E-state index in [1.54, 1.807) is 0 Å². The summed E-state index contributed by atoms with van der Waals surface area (Å²) in [4.78, 5) is 22.1. The number of carbonyl (C=O) groups is 2. The van der Waals surface area contributed by atoms with Gasteiger partial charge in [-0.05, 0) is 54.0 Å². The molecule has 1 aromatic carbocycles. The molecule has 1 aromatic rings. The van der Waals surface area contributed by atoms with Crippen molar-refractivity contribution in [3.8, 4) is 0 Å².